The maximum Gasteiger partial charge on any atom is 0.315 e. The van der Waals surface area contributed by atoms with Crippen molar-refractivity contribution in [3.05, 3.63) is 48.7 Å². The predicted molar refractivity (Wildman–Crippen MR) is 133 cm³/mol. The van der Waals surface area contributed by atoms with Crippen LogP contribution in [-0.2, 0) is 0 Å². The molecule has 0 bridgehead atoms. The van der Waals surface area contributed by atoms with Gasteiger partial charge in [0.1, 0.15) is 12.4 Å². The molecule has 0 spiro atoms. The fraction of sp³-hybridized carbons (Fsp3) is 0.238. The van der Waals surface area contributed by atoms with Gasteiger partial charge in [-0.25, -0.2) is 4.79 Å². The first-order chi connectivity index (χ1) is 15.1. The van der Waals surface area contributed by atoms with Crippen molar-refractivity contribution >= 4 is 53.4 Å². The minimum absolute atomic E-state index is 0. The Labute approximate surface area is 203 Å². The normalized spacial score (nSPS) is 10.3. The van der Waals surface area contributed by atoms with Gasteiger partial charge in [-0.15, -0.1) is 35.0 Å². The van der Waals surface area contributed by atoms with Crippen molar-refractivity contribution < 1.29 is 9.53 Å². The molecule has 2 aromatic heterocycles. The van der Waals surface area contributed by atoms with E-state index < -0.39 is 0 Å². The number of carbonyl (C=O) groups excluding carboxylic acids is 1. The quantitative estimate of drug-likeness (QED) is 0.236. The molecule has 5 N–H and O–H groups in total. The number of amides is 2. The van der Waals surface area contributed by atoms with E-state index in [1.165, 1.54) is 0 Å². The fourth-order valence-corrected chi connectivity index (χ4v) is 2.96. The number of carbonyl (C=O) groups is 1. The summed E-state index contributed by atoms with van der Waals surface area (Å²) >= 11 is 0. The lowest BCUT2D eigenvalue weighted by Crippen LogP contribution is -2.41. The third-order valence-corrected chi connectivity index (χ3v) is 4.39. The van der Waals surface area contributed by atoms with Crippen LogP contribution in [0.3, 0.4) is 0 Å². The van der Waals surface area contributed by atoms with Gasteiger partial charge in [-0.05, 0) is 56.3 Å². The average Bonchev–Trinajstić information content (AvgIpc) is 3.40. The monoisotopic (exact) mass is 492 g/mol. The van der Waals surface area contributed by atoms with Crippen LogP contribution in [0.25, 0.3) is 22.3 Å². The van der Waals surface area contributed by atoms with Crippen LogP contribution in [-0.4, -0.2) is 50.6 Å². The molecule has 10 nitrogen and oxygen atoms in total. The highest BCUT2D eigenvalue weighted by atomic mass is 35.5. The van der Waals surface area contributed by atoms with E-state index >= 15 is 0 Å². The Bertz CT molecular complexity index is 1160. The molecule has 0 aliphatic rings. The number of urea groups is 1. The second-order valence-corrected chi connectivity index (χ2v) is 7.25. The lowest BCUT2D eigenvalue weighted by molar-refractivity contribution is 0.234. The van der Waals surface area contributed by atoms with Gasteiger partial charge in [0, 0.05) is 22.7 Å². The Balaban J connectivity index is 0.00000193. The van der Waals surface area contributed by atoms with Crippen molar-refractivity contribution in [2.45, 2.75) is 19.9 Å². The third-order valence-electron chi connectivity index (χ3n) is 4.39. The molecule has 176 valence electrons. The van der Waals surface area contributed by atoms with E-state index in [0.717, 1.165) is 22.2 Å². The van der Waals surface area contributed by atoms with Crippen molar-refractivity contribution in [3.63, 3.8) is 0 Å². The molecule has 0 aliphatic carbocycles. The summed E-state index contributed by atoms with van der Waals surface area (Å²) in [6, 6.07) is 13.3. The second kappa shape index (κ2) is 11.9. The number of fused-ring (bicyclic) bond motifs is 1. The molecule has 12 heteroatoms. The number of nitrogens with one attached hydrogen (secondary N) is 5. The van der Waals surface area contributed by atoms with E-state index in [4.69, 9.17) is 4.74 Å². The van der Waals surface area contributed by atoms with E-state index in [9.17, 15) is 4.79 Å². The summed E-state index contributed by atoms with van der Waals surface area (Å²) in [7, 11) is 0. The summed E-state index contributed by atoms with van der Waals surface area (Å²) in [6.07, 6.45) is 1.77. The Morgan fingerprint density at radius 3 is 2.64 bits per heavy atom. The summed E-state index contributed by atoms with van der Waals surface area (Å²) in [5.74, 6) is 1.90. The van der Waals surface area contributed by atoms with Crippen LogP contribution in [0.2, 0.25) is 0 Å². The average molecular weight is 493 g/mol. The number of hydrogen-bond acceptors (Lipinski definition) is 6. The number of ether oxygens (including phenoxy) is 1. The number of H-pyrrole nitrogens is 2. The van der Waals surface area contributed by atoms with Crippen LogP contribution in [0.1, 0.15) is 13.8 Å². The molecule has 2 amide bonds. The van der Waals surface area contributed by atoms with Gasteiger partial charge in [0.25, 0.3) is 0 Å². The fourth-order valence-electron chi connectivity index (χ4n) is 2.96. The number of benzene rings is 2. The molecule has 33 heavy (non-hydrogen) atoms. The largest absolute Gasteiger partial charge is 0.492 e. The zero-order valence-corrected chi connectivity index (χ0v) is 19.7. The summed E-state index contributed by atoms with van der Waals surface area (Å²) in [6.45, 7) is 4.61. The first-order valence-corrected chi connectivity index (χ1v) is 9.97. The molecule has 4 aromatic rings. The predicted octanol–water partition coefficient (Wildman–Crippen LogP) is 4.02. The van der Waals surface area contributed by atoms with Gasteiger partial charge in [-0.3, -0.25) is 5.10 Å². The van der Waals surface area contributed by atoms with Crippen LogP contribution in [0.5, 0.6) is 5.75 Å². The SMILES string of the molecule is CC(C)NC(=O)NCCOc1ccc(-c2nnc(Nc3ccc4[nH]ncc4c3)[nH]2)cc1.Cl.Cl. The molecule has 0 unspecified atom stereocenters. The minimum atomic E-state index is -0.201. The van der Waals surface area contributed by atoms with E-state index in [1.54, 1.807) is 6.20 Å². The maximum absolute atomic E-state index is 11.5. The zero-order valence-electron chi connectivity index (χ0n) is 18.1. The summed E-state index contributed by atoms with van der Waals surface area (Å²) in [5.41, 5.74) is 2.74. The molecule has 0 aliphatic heterocycles. The molecule has 0 saturated heterocycles. The van der Waals surface area contributed by atoms with E-state index in [-0.39, 0.29) is 36.9 Å². The molecule has 0 radical (unpaired) electrons. The van der Waals surface area contributed by atoms with E-state index in [0.29, 0.717) is 30.7 Å². The number of hydrogen-bond donors (Lipinski definition) is 5. The topological polar surface area (TPSA) is 133 Å². The molecule has 0 fully saturated rings. The zero-order chi connectivity index (χ0) is 21.6. The van der Waals surface area contributed by atoms with Crippen LogP contribution in [0.15, 0.2) is 48.7 Å². The van der Waals surface area contributed by atoms with Gasteiger partial charge in [-0.2, -0.15) is 5.10 Å². The van der Waals surface area contributed by atoms with Gasteiger partial charge < -0.3 is 25.7 Å². The van der Waals surface area contributed by atoms with Gasteiger partial charge >= 0.3 is 6.03 Å². The Morgan fingerprint density at radius 2 is 1.88 bits per heavy atom. The third kappa shape index (κ3) is 6.99. The molecule has 4 rings (SSSR count). The van der Waals surface area contributed by atoms with Gasteiger partial charge in [0.05, 0.1) is 18.3 Å². The van der Waals surface area contributed by atoms with Crippen molar-refractivity contribution in [1.82, 2.24) is 36.0 Å². The second-order valence-electron chi connectivity index (χ2n) is 7.25. The van der Waals surface area contributed by atoms with Crippen LogP contribution in [0, 0.1) is 0 Å². The number of halogens is 2. The Morgan fingerprint density at radius 1 is 1.09 bits per heavy atom. The number of aromatic amines is 2. The van der Waals surface area contributed by atoms with Gasteiger partial charge in [0.15, 0.2) is 5.82 Å². The van der Waals surface area contributed by atoms with E-state index in [2.05, 4.69) is 41.3 Å². The summed E-state index contributed by atoms with van der Waals surface area (Å²) in [4.78, 5) is 14.7. The van der Waals surface area contributed by atoms with Crippen molar-refractivity contribution in [2.24, 2.45) is 0 Å². The van der Waals surface area contributed by atoms with E-state index in [1.807, 2.05) is 56.3 Å². The lowest BCUT2D eigenvalue weighted by atomic mass is 10.2. The minimum Gasteiger partial charge on any atom is -0.492 e. The molecule has 2 aromatic carbocycles. The van der Waals surface area contributed by atoms with Gasteiger partial charge in [-0.1, -0.05) is 0 Å². The highest BCUT2D eigenvalue weighted by Gasteiger charge is 2.07. The molecule has 0 atom stereocenters. The van der Waals surface area contributed by atoms with Crippen LogP contribution >= 0.6 is 24.8 Å². The molecule has 0 saturated carbocycles. The number of nitrogens with zero attached hydrogens (tertiary/aromatic N) is 3. The Kier molecular flexibility index (Phi) is 9.31. The van der Waals surface area contributed by atoms with Crippen LogP contribution < -0.4 is 20.7 Å². The first kappa shape index (κ1) is 25.8. The highest BCUT2D eigenvalue weighted by Crippen LogP contribution is 2.22. The standard InChI is InChI=1S/C21H24N8O2.2ClH/c1-13(2)24-21(30)22-9-10-31-17-6-3-14(4-7-17)19-26-20(29-28-19)25-16-5-8-18-15(11-16)12-23-27-18;;/h3-8,11-13H,9-10H2,1-2H3,(H,23,27)(H2,22,24,30)(H2,25,26,28,29);2*1H. The van der Waals surface area contributed by atoms with Gasteiger partial charge in [0.2, 0.25) is 5.95 Å². The number of anilines is 2. The van der Waals surface area contributed by atoms with Crippen molar-refractivity contribution in [2.75, 3.05) is 18.5 Å². The maximum atomic E-state index is 11.5. The smallest absolute Gasteiger partial charge is 0.315 e. The highest BCUT2D eigenvalue weighted by molar-refractivity contribution is 5.85. The lowest BCUT2D eigenvalue weighted by Gasteiger charge is -2.11. The molecular weight excluding hydrogens is 467 g/mol. The number of aromatic nitrogens is 5. The first-order valence-electron chi connectivity index (χ1n) is 9.97. The molecular formula is C21H26Cl2N8O2. The van der Waals surface area contributed by atoms with Crippen molar-refractivity contribution in [3.8, 4) is 17.1 Å². The number of rotatable bonds is 8. The Hall–Kier alpha value is -3.50. The molecule has 2 heterocycles. The summed E-state index contributed by atoms with van der Waals surface area (Å²) in [5, 5.41) is 25.0. The summed E-state index contributed by atoms with van der Waals surface area (Å²) < 4.78 is 5.66. The van der Waals surface area contributed by atoms with Crippen molar-refractivity contribution in [1.29, 1.82) is 0 Å². The van der Waals surface area contributed by atoms with Crippen LogP contribution in [0.4, 0.5) is 16.4 Å².